The standard InChI is InChI=1S/C15H25ClO2Si/c1-4-6-12-17-19(3,18-13-7-5-2)15-10-8-14(16)9-11-15/h8-11H,4-7,12-13H2,1-3H3. The van der Waals surface area contributed by atoms with E-state index in [1.54, 1.807) is 0 Å². The highest BCUT2D eigenvalue weighted by Gasteiger charge is 2.34. The molecular formula is C15H25ClO2Si. The van der Waals surface area contributed by atoms with Gasteiger partial charge in [-0.05, 0) is 36.7 Å². The first kappa shape index (κ1) is 16.7. The van der Waals surface area contributed by atoms with E-state index < -0.39 is 8.56 Å². The Kier molecular flexibility index (Phi) is 7.69. The van der Waals surface area contributed by atoms with Gasteiger partial charge >= 0.3 is 8.56 Å². The van der Waals surface area contributed by atoms with Crippen molar-refractivity contribution in [1.29, 1.82) is 0 Å². The zero-order valence-corrected chi connectivity index (χ0v) is 14.0. The predicted molar refractivity (Wildman–Crippen MR) is 84.4 cm³/mol. The fraction of sp³-hybridized carbons (Fsp3) is 0.600. The van der Waals surface area contributed by atoms with Gasteiger partial charge < -0.3 is 8.85 Å². The van der Waals surface area contributed by atoms with E-state index in [4.69, 9.17) is 20.5 Å². The zero-order chi connectivity index (χ0) is 14.1. The van der Waals surface area contributed by atoms with E-state index >= 15 is 0 Å². The van der Waals surface area contributed by atoms with Crippen molar-refractivity contribution in [2.45, 2.75) is 46.1 Å². The fourth-order valence-electron chi connectivity index (χ4n) is 1.78. The normalized spacial score (nSPS) is 11.8. The van der Waals surface area contributed by atoms with Gasteiger partial charge in [0.25, 0.3) is 0 Å². The summed E-state index contributed by atoms with van der Waals surface area (Å²) < 4.78 is 12.2. The average Bonchev–Trinajstić information content (AvgIpc) is 2.40. The van der Waals surface area contributed by atoms with Crippen molar-refractivity contribution >= 4 is 25.3 Å². The van der Waals surface area contributed by atoms with Crippen LogP contribution in [0.1, 0.15) is 39.5 Å². The highest BCUT2D eigenvalue weighted by molar-refractivity contribution is 6.80. The van der Waals surface area contributed by atoms with Crippen LogP contribution in [0.4, 0.5) is 0 Å². The summed E-state index contributed by atoms with van der Waals surface area (Å²) in [6.07, 6.45) is 4.43. The van der Waals surface area contributed by atoms with Gasteiger partial charge in [-0.15, -0.1) is 0 Å². The molecule has 0 atom stereocenters. The number of hydrogen-bond acceptors (Lipinski definition) is 2. The molecule has 108 valence electrons. The zero-order valence-electron chi connectivity index (χ0n) is 12.2. The number of rotatable bonds is 9. The highest BCUT2D eigenvalue weighted by atomic mass is 35.5. The third-order valence-corrected chi connectivity index (χ3v) is 6.26. The molecule has 1 aromatic carbocycles. The number of hydrogen-bond donors (Lipinski definition) is 0. The lowest BCUT2D eigenvalue weighted by molar-refractivity contribution is 0.181. The van der Waals surface area contributed by atoms with Gasteiger partial charge in [-0.1, -0.05) is 50.4 Å². The maximum absolute atomic E-state index is 6.12. The second-order valence-electron chi connectivity index (χ2n) is 4.86. The van der Waals surface area contributed by atoms with Crippen LogP contribution in [0.5, 0.6) is 0 Å². The minimum absolute atomic E-state index is 0.752. The van der Waals surface area contributed by atoms with Gasteiger partial charge in [-0.3, -0.25) is 0 Å². The van der Waals surface area contributed by atoms with E-state index in [-0.39, 0.29) is 0 Å². The number of unbranched alkanes of at least 4 members (excludes halogenated alkanes) is 2. The van der Waals surface area contributed by atoms with Gasteiger partial charge in [0.05, 0.1) is 0 Å². The lowest BCUT2D eigenvalue weighted by Crippen LogP contribution is -2.51. The first-order chi connectivity index (χ1) is 9.12. The molecule has 0 spiro atoms. The lowest BCUT2D eigenvalue weighted by Gasteiger charge is -2.27. The van der Waals surface area contributed by atoms with E-state index in [1.165, 1.54) is 0 Å². The predicted octanol–water partition coefficient (Wildman–Crippen LogP) is 4.25. The van der Waals surface area contributed by atoms with E-state index in [2.05, 4.69) is 20.4 Å². The maximum Gasteiger partial charge on any atom is 0.369 e. The molecule has 0 aliphatic heterocycles. The summed E-state index contributed by atoms with van der Waals surface area (Å²) >= 11 is 5.95. The molecular weight excluding hydrogens is 276 g/mol. The van der Waals surface area contributed by atoms with Crippen molar-refractivity contribution in [1.82, 2.24) is 0 Å². The first-order valence-electron chi connectivity index (χ1n) is 7.16. The molecule has 1 aromatic rings. The van der Waals surface area contributed by atoms with Crippen LogP contribution < -0.4 is 5.19 Å². The second-order valence-corrected chi connectivity index (χ2v) is 8.34. The quantitative estimate of drug-likeness (QED) is 0.501. The number of benzene rings is 1. The summed E-state index contributed by atoms with van der Waals surface area (Å²) in [7, 11) is -2.28. The Labute approximate surface area is 123 Å². The fourth-order valence-corrected chi connectivity index (χ4v) is 4.17. The van der Waals surface area contributed by atoms with Gasteiger partial charge in [0.2, 0.25) is 0 Å². The topological polar surface area (TPSA) is 18.5 Å². The Morgan fingerprint density at radius 2 is 1.42 bits per heavy atom. The number of halogens is 1. The van der Waals surface area contributed by atoms with Crippen molar-refractivity contribution in [3.05, 3.63) is 29.3 Å². The largest absolute Gasteiger partial charge is 0.391 e. The molecule has 0 aliphatic carbocycles. The van der Waals surface area contributed by atoms with Crippen molar-refractivity contribution in [3.8, 4) is 0 Å². The van der Waals surface area contributed by atoms with Crippen LogP contribution in [0, 0.1) is 0 Å². The summed E-state index contributed by atoms with van der Waals surface area (Å²) in [6, 6.07) is 7.89. The SMILES string of the molecule is CCCCO[Si](C)(OCCCC)c1ccc(Cl)cc1. The van der Waals surface area contributed by atoms with E-state index in [9.17, 15) is 0 Å². The van der Waals surface area contributed by atoms with Crippen LogP contribution in [-0.2, 0) is 8.85 Å². The molecule has 0 unspecified atom stereocenters. The average molecular weight is 301 g/mol. The van der Waals surface area contributed by atoms with Gasteiger partial charge in [-0.2, -0.15) is 0 Å². The molecule has 0 radical (unpaired) electrons. The van der Waals surface area contributed by atoms with Gasteiger partial charge in [0, 0.05) is 18.2 Å². The molecule has 0 saturated heterocycles. The molecule has 0 aromatic heterocycles. The summed E-state index contributed by atoms with van der Waals surface area (Å²) in [5.74, 6) is 0. The van der Waals surface area contributed by atoms with Crippen LogP contribution in [-0.4, -0.2) is 21.8 Å². The third-order valence-electron chi connectivity index (χ3n) is 3.12. The van der Waals surface area contributed by atoms with Gasteiger partial charge in [-0.25, -0.2) is 0 Å². The Bertz CT molecular complexity index is 344. The van der Waals surface area contributed by atoms with Crippen LogP contribution in [0.3, 0.4) is 0 Å². The monoisotopic (exact) mass is 300 g/mol. The van der Waals surface area contributed by atoms with Crippen molar-refractivity contribution in [2.75, 3.05) is 13.2 Å². The lowest BCUT2D eigenvalue weighted by atomic mass is 10.4. The Hall–Kier alpha value is -0.353. The molecule has 0 N–H and O–H groups in total. The second kappa shape index (κ2) is 8.75. The van der Waals surface area contributed by atoms with Crippen molar-refractivity contribution in [3.63, 3.8) is 0 Å². The van der Waals surface area contributed by atoms with E-state index in [0.29, 0.717) is 0 Å². The Balaban J connectivity index is 2.74. The van der Waals surface area contributed by atoms with Crippen LogP contribution in [0.25, 0.3) is 0 Å². The molecule has 0 amide bonds. The van der Waals surface area contributed by atoms with E-state index in [1.807, 2.05) is 24.3 Å². The summed E-state index contributed by atoms with van der Waals surface area (Å²) in [5.41, 5.74) is 0. The Morgan fingerprint density at radius 3 is 1.84 bits per heavy atom. The van der Waals surface area contributed by atoms with Gasteiger partial charge in [0.15, 0.2) is 0 Å². The van der Waals surface area contributed by atoms with Gasteiger partial charge in [0.1, 0.15) is 0 Å². The Morgan fingerprint density at radius 1 is 0.947 bits per heavy atom. The molecule has 0 bridgehead atoms. The van der Waals surface area contributed by atoms with Crippen molar-refractivity contribution < 1.29 is 8.85 Å². The first-order valence-corrected chi connectivity index (χ1v) is 9.85. The smallest absolute Gasteiger partial charge is 0.369 e. The summed E-state index contributed by atoms with van der Waals surface area (Å²) in [4.78, 5) is 0. The maximum atomic E-state index is 6.12. The van der Waals surface area contributed by atoms with E-state index in [0.717, 1.165) is 49.1 Å². The molecule has 19 heavy (non-hydrogen) atoms. The van der Waals surface area contributed by atoms with Crippen molar-refractivity contribution in [2.24, 2.45) is 0 Å². The summed E-state index contributed by atoms with van der Waals surface area (Å²) in [5, 5.41) is 1.91. The van der Waals surface area contributed by atoms with Crippen LogP contribution >= 0.6 is 11.6 Å². The van der Waals surface area contributed by atoms with Crippen LogP contribution in [0.15, 0.2) is 24.3 Å². The molecule has 0 aliphatic rings. The minimum atomic E-state index is -2.28. The minimum Gasteiger partial charge on any atom is -0.391 e. The molecule has 0 saturated carbocycles. The van der Waals surface area contributed by atoms with Crippen LogP contribution in [0.2, 0.25) is 11.6 Å². The molecule has 0 fully saturated rings. The summed E-state index contributed by atoms with van der Waals surface area (Å²) in [6.45, 7) is 8.01. The molecule has 0 heterocycles. The molecule has 2 nitrogen and oxygen atoms in total. The molecule has 1 rings (SSSR count). The molecule has 4 heteroatoms. The highest BCUT2D eigenvalue weighted by Crippen LogP contribution is 2.13. The third kappa shape index (κ3) is 5.65.